The van der Waals surface area contributed by atoms with E-state index < -0.39 is 5.82 Å². The molecule has 2 nitrogen and oxygen atoms in total. The van der Waals surface area contributed by atoms with Crippen LogP contribution in [-0.4, -0.2) is 5.91 Å². The number of allylic oxidation sites excluding steroid dienone is 4. The number of benzene rings is 1. The highest BCUT2D eigenvalue weighted by molar-refractivity contribution is 6.31. The van der Waals surface area contributed by atoms with Gasteiger partial charge < -0.3 is 5.32 Å². The van der Waals surface area contributed by atoms with E-state index in [1.165, 1.54) is 6.07 Å². The largest absolute Gasteiger partial charge is 0.325 e. The third kappa shape index (κ3) is 2.28. The van der Waals surface area contributed by atoms with Gasteiger partial charge in [-0.2, -0.15) is 0 Å². The quantitative estimate of drug-likeness (QED) is 0.780. The van der Waals surface area contributed by atoms with Crippen molar-refractivity contribution >= 4 is 35.2 Å². The van der Waals surface area contributed by atoms with E-state index in [1.54, 1.807) is 24.3 Å². The van der Waals surface area contributed by atoms with Gasteiger partial charge in [-0.05, 0) is 24.6 Å². The molecule has 0 aromatic heterocycles. The maximum absolute atomic E-state index is 13.9. The third-order valence-electron chi connectivity index (χ3n) is 3.41. The summed E-state index contributed by atoms with van der Waals surface area (Å²) >= 11 is 11.7. The summed E-state index contributed by atoms with van der Waals surface area (Å²) in [6.45, 7) is 0. The minimum Gasteiger partial charge on any atom is -0.325 e. The number of hydrogen-bond donors (Lipinski definition) is 1. The van der Waals surface area contributed by atoms with Crippen LogP contribution in [0.25, 0.3) is 6.08 Å². The molecule has 102 valence electrons. The Morgan fingerprint density at radius 2 is 2.15 bits per heavy atom. The molecule has 1 fully saturated rings. The van der Waals surface area contributed by atoms with Crippen molar-refractivity contribution in [1.82, 2.24) is 5.32 Å². The Morgan fingerprint density at radius 1 is 1.35 bits per heavy atom. The monoisotopic (exact) mass is 309 g/mol. The molecule has 3 rings (SSSR count). The Kier molecular flexibility index (Phi) is 3.40. The van der Waals surface area contributed by atoms with Gasteiger partial charge in [0.15, 0.2) is 0 Å². The molecule has 1 aliphatic heterocycles. The summed E-state index contributed by atoms with van der Waals surface area (Å²) in [5, 5.41) is 3.41. The molecule has 1 aliphatic carbocycles. The molecule has 1 aromatic carbocycles. The van der Waals surface area contributed by atoms with Crippen LogP contribution in [0.4, 0.5) is 4.39 Å². The Hall–Kier alpha value is -1.58. The Balaban J connectivity index is 2.02. The first-order chi connectivity index (χ1) is 9.56. The molecule has 1 N–H and O–H groups in total. The van der Waals surface area contributed by atoms with E-state index in [9.17, 15) is 9.18 Å². The highest BCUT2D eigenvalue weighted by Crippen LogP contribution is 2.36. The van der Waals surface area contributed by atoms with Gasteiger partial charge in [-0.25, -0.2) is 4.39 Å². The molecule has 1 atom stereocenters. The van der Waals surface area contributed by atoms with E-state index in [-0.39, 0.29) is 16.8 Å². The fourth-order valence-corrected chi connectivity index (χ4v) is 2.80. The number of rotatable bonds is 1. The predicted molar refractivity (Wildman–Crippen MR) is 77.7 cm³/mol. The predicted octanol–water partition coefficient (Wildman–Crippen LogP) is 4.02. The lowest BCUT2D eigenvalue weighted by Gasteiger charge is -2.13. The second kappa shape index (κ2) is 5.08. The average molecular weight is 310 g/mol. The van der Waals surface area contributed by atoms with Gasteiger partial charge in [0.05, 0.1) is 5.02 Å². The van der Waals surface area contributed by atoms with Crippen LogP contribution in [0.15, 0.2) is 46.7 Å². The van der Waals surface area contributed by atoms with Crippen molar-refractivity contribution in [3.05, 3.63) is 63.1 Å². The van der Waals surface area contributed by atoms with Crippen LogP contribution < -0.4 is 5.32 Å². The SMILES string of the molecule is O=C1NC2=CC(Cl)=CCC2/C1=C\c1cccc(Cl)c1F. The molecule has 1 unspecified atom stereocenters. The van der Waals surface area contributed by atoms with Crippen LogP contribution in [0.5, 0.6) is 0 Å². The van der Waals surface area contributed by atoms with Crippen molar-refractivity contribution in [2.24, 2.45) is 5.92 Å². The molecule has 0 bridgehead atoms. The number of amides is 1. The van der Waals surface area contributed by atoms with Crippen LogP contribution in [0.1, 0.15) is 12.0 Å². The smallest absolute Gasteiger partial charge is 0.252 e. The van der Waals surface area contributed by atoms with E-state index in [0.29, 0.717) is 22.6 Å². The maximum atomic E-state index is 13.9. The second-order valence-electron chi connectivity index (χ2n) is 4.67. The molecule has 1 heterocycles. The second-order valence-corrected chi connectivity index (χ2v) is 5.52. The first-order valence-corrected chi connectivity index (χ1v) is 6.86. The van der Waals surface area contributed by atoms with Gasteiger partial charge in [-0.1, -0.05) is 41.4 Å². The third-order valence-corrected chi connectivity index (χ3v) is 3.96. The minimum atomic E-state index is -0.517. The van der Waals surface area contributed by atoms with Crippen LogP contribution in [-0.2, 0) is 4.79 Å². The molecule has 5 heteroatoms. The molecule has 20 heavy (non-hydrogen) atoms. The molecule has 1 saturated heterocycles. The normalized spacial score (nSPS) is 23.2. The number of carbonyl (C=O) groups excluding carboxylic acids is 1. The fraction of sp³-hybridized carbons (Fsp3) is 0.133. The summed E-state index contributed by atoms with van der Waals surface area (Å²) in [4.78, 5) is 12.0. The molecule has 0 saturated carbocycles. The minimum absolute atomic E-state index is 0.0418. The van der Waals surface area contributed by atoms with Crippen molar-refractivity contribution in [2.75, 3.05) is 0 Å². The molecule has 1 amide bonds. The Morgan fingerprint density at radius 3 is 2.95 bits per heavy atom. The molecule has 0 spiro atoms. The molecule has 0 radical (unpaired) electrons. The number of carbonyl (C=O) groups is 1. The highest BCUT2D eigenvalue weighted by atomic mass is 35.5. The summed E-state index contributed by atoms with van der Waals surface area (Å²) < 4.78 is 13.9. The summed E-state index contributed by atoms with van der Waals surface area (Å²) in [7, 11) is 0. The van der Waals surface area contributed by atoms with Gasteiger partial charge in [0.2, 0.25) is 0 Å². The number of nitrogens with one attached hydrogen (secondary N) is 1. The Bertz CT molecular complexity index is 691. The zero-order valence-electron chi connectivity index (χ0n) is 10.3. The summed E-state index contributed by atoms with van der Waals surface area (Å²) in [5.41, 5.74) is 1.60. The van der Waals surface area contributed by atoms with Gasteiger partial charge in [0.25, 0.3) is 5.91 Å². The lowest BCUT2D eigenvalue weighted by Crippen LogP contribution is -2.13. The number of halogens is 3. The summed E-state index contributed by atoms with van der Waals surface area (Å²) in [6, 6.07) is 4.72. The van der Waals surface area contributed by atoms with Crippen molar-refractivity contribution in [3.63, 3.8) is 0 Å². The first kappa shape index (κ1) is 13.4. The summed E-state index contributed by atoms with van der Waals surface area (Å²) in [6.07, 6.45) is 5.74. The lowest BCUT2D eigenvalue weighted by atomic mass is 9.91. The molecular weight excluding hydrogens is 300 g/mol. The van der Waals surface area contributed by atoms with E-state index in [4.69, 9.17) is 23.2 Å². The number of fused-ring (bicyclic) bond motifs is 1. The summed E-state index contributed by atoms with van der Waals surface area (Å²) in [5.74, 6) is -0.833. The highest BCUT2D eigenvalue weighted by Gasteiger charge is 2.33. The first-order valence-electron chi connectivity index (χ1n) is 6.10. The maximum Gasteiger partial charge on any atom is 0.252 e. The van der Waals surface area contributed by atoms with Crippen LogP contribution in [0, 0.1) is 11.7 Å². The van der Waals surface area contributed by atoms with E-state index in [1.807, 2.05) is 6.08 Å². The van der Waals surface area contributed by atoms with Gasteiger partial charge in [0, 0.05) is 27.8 Å². The van der Waals surface area contributed by atoms with Gasteiger partial charge in [-0.3, -0.25) is 4.79 Å². The van der Waals surface area contributed by atoms with E-state index >= 15 is 0 Å². The van der Waals surface area contributed by atoms with Gasteiger partial charge in [0.1, 0.15) is 5.82 Å². The zero-order valence-corrected chi connectivity index (χ0v) is 11.8. The lowest BCUT2D eigenvalue weighted by molar-refractivity contribution is -0.115. The van der Waals surface area contributed by atoms with Crippen molar-refractivity contribution in [1.29, 1.82) is 0 Å². The van der Waals surface area contributed by atoms with Crippen LogP contribution in [0.2, 0.25) is 5.02 Å². The molecular formula is C15H10Cl2FNO. The van der Waals surface area contributed by atoms with Crippen molar-refractivity contribution < 1.29 is 9.18 Å². The standard InChI is InChI=1S/C15H10Cl2FNO/c16-9-4-5-10-11(15(20)19-13(10)7-9)6-8-2-1-3-12(17)14(8)18/h1-4,6-7,10H,5H2,(H,19,20)/b11-6+. The Labute approximate surface area is 125 Å². The average Bonchev–Trinajstić information content (AvgIpc) is 2.70. The van der Waals surface area contributed by atoms with E-state index in [2.05, 4.69) is 5.32 Å². The zero-order chi connectivity index (χ0) is 14.3. The fourth-order valence-electron chi connectivity index (χ4n) is 2.41. The van der Waals surface area contributed by atoms with Crippen LogP contribution >= 0.6 is 23.2 Å². The number of hydrogen-bond acceptors (Lipinski definition) is 1. The molecule has 1 aromatic rings. The molecule has 2 aliphatic rings. The van der Waals surface area contributed by atoms with Gasteiger partial charge in [-0.15, -0.1) is 0 Å². The topological polar surface area (TPSA) is 29.1 Å². The van der Waals surface area contributed by atoms with E-state index in [0.717, 1.165) is 5.70 Å². The van der Waals surface area contributed by atoms with Crippen LogP contribution in [0.3, 0.4) is 0 Å². The van der Waals surface area contributed by atoms with Gasteiger partial charge >= 0.3 is 0 Å². The van der Waals surface area contributed by atoms with Crippen molar-refractivity contribution in [2.45, 2.75) is 6.42 Å². The van der Waals surface area contributed by atoms with Crippen molar-refractivity contribution in [3.8, 4) is 0 Å².